The first-order valence-corrected chi connectivity index (χ1v) is 6.37. The molecule has 1 aliphatic heterocycles. The van der Waals surface area contributed by atoms with E-state index in [4.69, 9.17) is 11.6 Å². The number of β-amino-alcohol motifs (C(OH)–C–C–N with tert-alkyl or cyclic N) is 1. The average Bonchev–Trinajstić information content (AvgIpc) is 3.11. The van der Waals surface area contributed by atoms with E-state index < -0.39 is 5.60 Å². The zero-order chi connectivity index (χ0) is 12.9. The molecule has 1 amide bonds. The van der Waals surface area contributed by atoms with Crippen molar-refractivity contribution >= 4 is 17.5 Å². The molecule has 5 heteroatoms. The van der Waals surface area contributed by atoms with Crippen molar-refractivity contribution in [1.82, 2.24) is 4.90 Å². The molecule has 3 rings (SSSR count). The number of phenolic OH excluding ortho intramolecular Hbond substituents is 1. The van der Waals surface area contributed by atoms with Gasteiger partial charge in [-0.2, -0.15) is 0 Å². The van der Waals surface area contributed by atoms with Crippen LogP contribution in [0.25, 0.3) is 0 Å². The predicted molar refractivity (Wildman–Crippen MR) is 66.7 cm³/mol. The van der Waals surface area contributed by atoms with Gasteiger partial charge in [0.2, 0.25) is 0 Å². The molecule has 2 fully saturated rings. The highest BCUT2D eigenvalue weighted by molar-refractivity contribution is 6.31. The average molecular weight is 268 g/mol. The summed E-state index contributed by atoms with van der Waals surface area (Å²) in [6.07, 6.45) is 2.09. The third kappa shape index (κ3) is 1.85. The Kier molecular flexibility index (Phi) is 2.54. The quantitative estimate of drug-likeness (QED) is 0.856. The molecule has 0 aromatic heterocycles. The fourth-order valence-corrected chi connectivity index (χ4v) is 2.66. The Morgan fingerprint density at radius 1 is 1.39 bits per heavy atom. The molecular weight excluding hydrogens is 254 g/mol. The fraction of sp³-hybridized carbons (Fsp3) is 0.462. The lowest BCUT2D eigenvalue weighted by Crippen LogP contribution is -2.64. The molecule has 0 atom stereocenters. The minimum Gasteiger partial charge on any atom is -0.507 e. The van der Waals surface area contributed by atoms with E-state index in [-0.39, 0.29) is 17.2 Å². The zero-order valence-corrected chi connectivity index (χ0v) is 10.5. The van der Waals surface area contributed by atoms with Crippen molar-refractivity contribution in [1.29, 1.82) is 0 Å². The van der Waals surface area contributed by atoms with Gasteiger partial charge in [-0.1, -0.05) is 11.6 Å². The summed E-state index contributed by atoms with van der Waals surface area (Å²) in [6.45, 7) is 0.699. The monoisotopic (exact) mass is 267 g/mol. The topological polar surface area (TPSA) is 60.8 Å². The first-order valence-electron chi connectivity index (χ1n) is 6.00. The van der Waals surface area contributed by atoms with Crippen LogP contribution < -0.4 is 0 Å². The van der Waals surface area contributed by atoms with E-state index >= 15 is 0 Å². The Morgan fingerprint density at radius 3 is 2.67 bits per heavy atom. The van der Waals surface area contributed by atoms with E-state index in [2.05, 4.69) is 0 Å². The van der Waals surface area contributed by atoms with Crippen LogP contribution in [0.2, 0.25) is 5.02 Å². The maximum Gasteiger partial charge on any atom is 0.257 e. The zero-order valence-electron chi connectivity index (χ0n) is 9.77. The number of carbonyl (C=O) groups is 1. The van der Waals surface area contributed by atoms with E-state index in [1.54, 1.807) is 4.90 Å². The van der Waals surface area contributed by atoms with Crippen LogP contribution in [0.5, 0.6) is 5.75 Å². The lowest BCUT2D eigenvalue weighted by Gasteiger charge is -2.47. The van der Waals surface area contributed by atoms with Crippen LogP contribution in [0.3, 0.4) is 0 Å². The smallest absolute Gasteiger partial charge is 0.257 e. The van der Waals surface area contributed by atoms with Crippen molar-refractivity contribution in [2.75, 3.05) is 13.1 Å². The van der Waals surface area contributed by atoms with Gasteiger partial charge in [-0.15, -0.1) is 0 Å². The van der Waals surface area contributed by atoms with Gasteiger partial charge in [0.15, 0.2) is 0 Å². The number of aromatic hydroxyl groups is 1. The first-order chi connectivity index (χ1) is 8.49. The molecule has 1 aromatic carbocycles. The molecule has 0 unspecified atom stereocenters. The minimum absolute atomic E-state index is 0.0775. The third-order valence-electron chi connectivity index (χ3n) is 3.74. The molecule has 1 saturated carbocycles. The lowest BCUT2D eigenvalue weighted by atomic mass is 9.88. The third-order valence-corrected chi connectivity index (χ3v) is 3.98. The van der Waals surface area contributed by atoms with E-state index in [1.165, 1.54) is 18.2 Å². The fourth-order valence-electron chi connectivity index (χ4n) is 2.49. The van der Waals surface area contributed by atoms with Gasteiger partial charge in [0.25, 0.3) is 5.91 Å². The highest BCUT2D eigenvalue weighted by Gasteiger charge is 2.53. The van der Waals surface area contributed by atoms with Crippen LogP contribution in [-0.4, -0.2) is 39.7 Å². The van der Waals surface area contributed by atoms with Gasteiger partial charge in [0.05, 0.1) is 18.7 Å². The Balaban J connectivity index is 1.74. The molecule has 0 bridgehead atoms. The normalized spacial score (nSPS) is 21.6. The van der Waals surface area contributed by atoms with Gasteiger partial charge < -0.3 is 15.1 Å². The second-order valence-corrected chi connectivity index (χ2v) is 5.64. The van der Waals surface area contributed by atoms with Crippen LogP contribution in [0.1, 0.15) is 23.2 Å². The Morgan fingerprint density at radius 2 is 2.06 bits per heavy atom. The molecular formula is C13H14ClNO3. The van der Waals surface area contributed by atoms with Gasteiger partial charge >= 0.3 is 0 Å². The summed E-state index contributed by atoms with van der Waals surface area (Å²) in [6, 6.07) is 4.39. The van der Waals surface area contributed by atoms with Crippen LogP contribution in [0.4, 0.5) is 0 Å². The summed E-state index contributed by atoms with van der Waals surface area (Å²) in [5, 5.41) is 20.2. The van der Waals surface area contributed by atoms with Crippen LogP contribution in [0, 0.1) is 5.92 Å². The molecule has 4 nitrogen and oxygen atoms in total. The Labute approximate surface area is 110 Å². The number of phenols is 1. The van der Waals surface area contributed by atoms with Crippen molar-refractivity contribution in [3.8, 4) is 5.75 Å². The van der Waals surface area contributed by atoms with Crippen molar-refractivity contribution < 1.29 is 15.0 Å². The van der Waals surface area contributed by atoms with Crippen LogP contribution in [-0.2, 0) is 0 Å². The first kappa shape index (κ1) is 11.8. The van der Waals surface area contributed by atoms with Crippen molar-refractivity contribution in [2.24, 2.45) is 5.92 Å². The maximum absolute atomic E-state index is 12.1. The summed E-state index contributed by atoms with van der Waals surface area (Å²) in [5.74, 6) is -0.0129. The van der Waals surface area contributed by atoms with Gasteiger partial charge in [-0.25, -0.2) is 0 Å². The maximum atomic E-state index is 12.1. The number of nitrogens with zero attached hydrogens (tertiary/aromatic N) is 1. The number of benzene rings is 1. The molecule has 1 aromatic rings. The minimum atomic E-state index is -0.705. The summed E-state index contributed by atoms with van der Waals surface area (Å²) in [4.78, 5) is 13.7. The van der Waals surface area contributed by atoms with Gasteiger partial charge in [0, 0.05) is 5.02 Å². The number of hydrogen-bond donors (Lipinski definition) is 2. The van der Waals surface area contributed by atoms with Crippen molar-refractivity contribution in [3.63, 3.8) is 0 Å². The molecule has 1 heterocycles. The van der Waals surface area contributed by atoms with E-state index in [0.717, 1.165) is 12.8 Å². The highest BCUT2D eigenvalue weighted by Crippen LogP contribution is 2.45. The number of hydrogen-bond acceptors (Lipinski definition) is 3. The van der Waals surface area contributed by atoms with Crippen molar-refractivity contribution in [2.45, 2.75) is 18.4 Å². The van der Waals surface area contributed by atoms with Gasteiger partial charge in [-0.05, 0) is 37.0 Å². The van der Waals surface area contributed by atoms with E-state index in [1.807, 2.05) is 0 Å². The van der Waals surface area contributed by atoms with Crippen LogP contribution >= 0.6 is 11.6 Å². The molecule has 1 aliphatic carbocycles. The van der Waals surface area contributed by atoms with E-state index in [9.17, 15) is 15.0 Å². The largest absolute Gasteiger partial charge is 0.507 e. The van der Waals surface area contributed by atoms with Gasteiger partial charge in [-0.3, -0.25) is 4.79 Å². The number of rotatable bonds is 2. The number of aliphatic hydroxyl groups is 1. The SMILES string of the molecule is O=C(c1cc(Cl)ccc1O)N1CC(O)(C2CC2)C1. The number of halogens is 1. The molecule has 0 radical (unpaired) electrons. The Hall–Kier alpha value is -1.26. The lowest BCUT2D eigenvalue weighted by molar-refractivity contribution is -0.0958. The van der Waals surface area contributed by atoms with E-state index in [0.29, 0.717) is 24.0 Å². The van der Waals surface area contributed by atoms with Crippen LogP contribution in [0.15, 0.2) is 18.2 Å². The number of carbonyl (C=O) groups excluding carboxylic acids is 1. The molecule has 2 aliphatic rings. The summed E-state index contributed by atoms with van der Waals surface area (Å²) in [5.41, 5.74) is -0.510. The summed E-state index contributed by atoms with van der Waals surface area (Å²) < 4.78 is 0. The number of likely N-dealkylation sites (tertiary alicyclic amines) is 1. The predicted octanol–water partition coefficient (Wildman–Crippen LogP) is 1.64. The van der Waals surface area contributed by atoms with Crippen molar-refractivity contribution in [3.05, 3.63) is 28.8 Å². The highest BCUT2D eigenvalue weighted by atomic mass is 35.5. The molecule has 96 valence electrons. The van der Waals surface area contributed by atoms with Gasteiger partial charge in [0.1, 0.15) is 11.4 Å². The number of amides is 1. The summed E-state index contributed by atoms with van der Waals surface area (Å²) >= 11 is 5.81. The summed E-state index contributed by atoms with van der Waals surface area (Å²) in [7, 11) is 0. The Bertz CT molecular complexity index is 507. The molecule has 2 N–H and O–H groups in total. The second-order valence-electron chi connectivity index (χ2n) is 5.20. The molecule has 18 heavy (non-hydrogen) atoms. The standard InChI is InChI=1S/C13H14ClNO3/c14-9-3-4-11(16)10(5-9)12(17)15-6-13(18,7-15)8-1-2-8/h3-5,8,16,18H,1-2,6-7H2. The second kappa shape index (κ2) is 3.87. The molecule has 1 saturated heterocycles. The molecule has 0 spiro atoms.